The summed E-state index contributed by atoms with van der Waals surface area (Å²) in [7, 11) is 7.14. The highest BCUT2D eigenvalue weighted by Crippen LogP contribution is 2.30. The first-order valence-electron chi connectivity index (χ1n) is 9.60. The Kier molecular flexibility index (Phi) is 5.53. The normalized spacial score (nSPS) is 22.3. The zero-order valence-corrected chi connectivity index (χ0v) is 17.0. The van der Waals surface area contributed by atoms with Crippen molar-refractivity contribution in [3.05, 3.63) is 11.8 Å². The molecule has 0 radical (unpaired) electrons. The molecule has 3 heterocycles. The highest BCUT2D eigenvalue weighted by atomic mass is 16.2. The van der Waals surface area contributed by atoms with Crippen LogP contribution in [0.3, 0.4) is 0 Å². The van der Waals surface area contributed by atoms with Gasteiger partial charge in [-0.15, -0.1) is 0 Å². The van der Waals surface area contributed by atoms with Gasteiger partial charge in [0.2, 0.25) is 17.8 Å². The lowest BCUT2D eigenvalue weighted by atomic mass is 10.2. The molecule has 2 aliphatic heterocycles. The largest absolute Gasteiger partial charge is 0.347 e. The zero-order chi connectivity index (χ0) is 19.7. The molecule has 0 saturated carbocycles. The molecule has 0 N–H and O–H groups in total. The molecule has 1 aromatic heterocycles. The third-order valence-electron chi connectivity index (χ3n) is 5.42. The minimum Gasteiger partial charge on any atom is -0.347 e. The molecular formula is C19H30N6O2. The average Bonchev–Trinajstić information content (AvgIpc) is 3.30. The molecule has 3 rings (SSSR count). The molecule has 148 valence electrons. The number of anilines is 2. The molecule has 8 heteroatoms. The molecule has 0 aromatic carbocycles. The van der Waals surface area contributed by atoms with E-state index in [1.807, 2.05) is 18.0 Å². The Bertz CT molecular complexity index is 720. The second-order valence-corrected chi connectivity index (χ2v) is 7.84. The molecule has 2 aliphatic rings. The number of carbonyl (C=O) groups excluding carboxylic acids is 2. The molecule has 0 bridgehead atoms. The number of likely N-dealkylation sites (N-methyl/N-ethyl adjacent to an activating group) is 2. The summed E-state index contributed by atoms with van der Waals surface area (Å²) in [5.41, 5.74) is 0.951. The summed E-state index contributed by atoms with van der Waals surface area (Å²) in [5.74, 6) is 1.57. The molecule has 2 fully saturated rings. The van der Waals surface area contributed by atoms with Crippen LogP contribution in [0.1, 0.15) is 31.2 Å². The molecule has 2 saturated heterocycles. The lowest BCUT2D eigenvalue weighted by Crippen LogP contribution is -2.45. The summed E-state index contributed by atoms with van der Waals surface area (Å²) in [6.07, 6.45) is 5.37. The number of carbonyl (C=O) groups is 2. The number of hydrogen-bond donors (Lipinski definition) is 0. The van der Waals surface area contributed by atoms with Crippen molar-refractivity contribution in [3.8, 4) is 0 Å². The first-order chi connectivity index (χ1) is 12.8. The third kappa shape index (κ3) is 3.70. The Hall–Kier alpha value is -2.38. The summed E-state index contributed by atoms with van der Waals surface area (Å²) in [6.45, 7) is 3.55. The lowest BCUT2D eigenvalue weighted by Gasteiger charge is -2.30. The predicted molar refractivity (Wildman–Crippen MR) is 105 cm³/mol. The number of hydrogen-bond acceptors (Lipinski definition) is 6. The fourth-order valence-electron chi connectivity index (χ4n) is 3.99. The lowest BCUT2D eigenvalue weighted by molar-refractivity contribution is -0.130. The van der Waals surface area contributed by atoms with Crippen LogP contribution in [0.25, 0.3) is 0 Å². The van der Waals surface area contributed by atoms with Crippen LogP contribution in [0.15, 0.2) is 6.20 Å². The summed E-state index contributed by atoms with van der Waals surface area (Å²) in [5, 5.41) is 0. The summed E-state index contributed by atoms with van der Waals surface area (Å²) < 4.78 is 0. The average molecular weight is 374 g/mol. The summed E-state index contributed by atoms with van der Waals surface area (Å²) in [6, 6.07) is -0.396. The number of amides is 2. The minimum absolute atomic E-state index is 0.0834. The Morgan fingerprint density at radius 1 is 0.963 bits per heavy atom. The van der Waals surface area contributed by atoms with Crippen LogP contribution in [0.5, 0.6) is 0 Å². The standard InChI is InChI=1S/C19H30N6O2/c1-13-12-20-19(25-11-7-9-15(25)18(27)23(4)5)21-16(13)24-10-6-8-14(24)17(26)22(2)3/h12,14-15H,6-11H2,1-5H3. The van der Waals surface area contributed by atoms with Gasteiger partial charge in [-0.3, -0.25) is 9.59 Å². The SMILES string of the molecule is Cc1cnc(N2CCCC2C(=O)N(C)C)nc1N1CCCC1C(=O)N(C)C. The summed E-state index contributed by atoms with van der Waals surface area (Å²) in [4.78, 5) is 41.8. The second kappa shape index (κ2) is 7.70. The van der Waals surface area contributed by atoms with E-state index >= 15 is 0 Å². The van der Waals surface area contributed by atoms with Crippen LogP contribution in [-0.2, 0) is 9.59 Å². The van der Waals surface area contributed by atoms with Gasteiger partial charge in [0.15, 0.2) is 0 Å². The minimum atomic E-state index is -0.215. The smallest absolute Gasteiger partial charge is 0.244 e. The van der Waals surface area contributed by atoms with Crippen molar-refractivity contribution in [1.82, 2.24) is 19.8 Å². The van der Waals surface area contributed by atoms with Gasteiger partial charge in [-0.25, -0.2) is 4.98 Å². The van der Waals surface area contributed by atoms with E-state index in [0.29, 0.717) is 5.95 Å². The first-order valence-corrected chi connectivity index (χ1v) is 9.60. The zero-order valence-electron chi connectivity index (χ0n) is 17.0. The quantitative estimate of drug-likeness (QED) is 0.780. The van der Waals surface area contributed by atoms with Crippen LogP contribution in [0, 0.1) is 6.92 Å². The number of nitrogens with zero attached hydrogens (tertiary/aromatic N) is 6. The molecule has 8 nitrogen and oxygen atoms in total. The van der Waals surface area contributed by atoms with E-state index in [1.165, 1.54) is 0 Å². The highest BCUT2D eigenvalue weighted by Gasteiger charge is 2.36. The van der Waals surface area contributed by atoms with Crippen molar-refractivity contribution >= 4 is 23.6 Å². The van der Waals surface area contributed by atoms with E-state index in [2.05, 4.69) is 9.88 Å². The van der Waals surface area contributed by atoms with Crippen molar-refractivity contribution in [2.75, 3.05) is 51.1 Å². The number of rotatable bonds is 4. The van der Waals surface area contributed by atoms with Gasteiger partial charge in [0.05, 0.1) is 0 Å². The van der Waals surface area contributed by atoms with E-state index in [1.54, 1.807) is 38.0 Å². The Labute approximate surface area is 161 Å². The van der Waals surface area contributed by atoms with Gasteiger partial charge in [0.1, 0.15) is 17.9 Å². The maximum atomic E-state index is 12.6. The van der Waals surface area contributed by atoms with Gasteiger partial charge >= 0.3 is 0 Å². The van der Waals surface area contributed by atoms with Gasteiger partial charge in [-0.2, -0.15) is 4.98 Å². The molecule has 2 atom stereocenters. The monoisotopic (exact) mass is 374 g/mol. The maximum Gasteiger partial charge on any atom is 0.244 e. The van der Waals surface area contributed by atoms with Crippen molar-refractivity contribution in [2.24, 2.45) is 0 Å². The Balaban J connectivity index is 1.91. The molecular weight excluding hydrogens is 344 g/mol. The number of aromatic nitrogens is 2. The van der Waals surface area contributed by atoms with Crippen LogP contribution in [0.2, 0.25) is 0 Å². The van der Waals surface area contributed by atoms with Crippen molar-refractivity contribution in [1.29, 1.82) is 0 Å². The molecule has 2 amide bonds. The maximum absolute atomic E-state index is 12.6. The van der Waals surface area contributed by atoms with Crippen LogP contribution >= 0.6 is 0 Å². The van der Waals surface area contributed by atoms with Crippen molar-refractivity contribution in [3.63, 3.8) is 0 Å². The van der Waals surface area contributed by atoms with E-state index in [9.17, 15) is 9.59 Å². The Morgan fingerprint density at radius 3 is 2.04 bits per heavy atom. The molecule has 2 unspecified atom stereocenters. The second-order valence-electron chi connectivity index (χ2n) is 7.84. The van der Waals surface area contributed by atoms with Crippen LogP contribution in [-0.4, -0.2) is 84.9 Å². The van der Waals surface area contributed by atoms with Gasteiger partial charge in [-0.05, 0) is 32.6 Å². The topological polar surface area (TPSA) is 72.9 Å². The Morgan fingerprint density at radius 2 is 1.48 bits per heavy atom. The predicted octanol–water partition coefficient (Wildman–Crippen LogP) is 0.899. The molecule has 1 aromatic rings. The highest BCUT2D eigenvalue weighted by molar-refractivity contribution is 5.86. The summed E-state index contributed by atoms with van der Waals surface area (Å²) >= 11 is 0. The van der Waals surface area contributed by atoms with Gasteiger partial charge in [0.25, 0.3) is 0 Å². The van der Waals surface area contributed by atoms with Gasteiger partial charge < -0.3 is 19.6 Å². The van der Waals surface area contributed by atoms with Crippen LogP contribution < -0.4 is 9.80 Å². The fourth-order valence-corrected chi connectivity index (χ4v) is 3.99. The molecule has 0 spiro atoms. The van der Waals surface area contributed by atoms with E-state index in [0.717, 1.165) is 50.2 Å². The van der Waals surface area contributed by atoms with Crippen molar-refractivity contribution < 1.29 is 9.59 Å². The molecule has 27 heavy (non-hydrogen) atoms. The fraction of sp³-hybridized carbons (Fsp3) is 0.684. The number of aryl methyl sites for hydroxylation is 1. The van der Waals surface area contributed by atoms with Gasteiger partial charge in [0, 0.05) is 53.0 Å². The van der Waals surface area contributed by atoms with Crippen molar-refractivity contribution in [2.45, 2.75) is 44.7 Å². The van der Waals surface area contributed by atoms with E-state index in [4.69, 9.17) is 4.98 Å². The first kappa shape index (κ1) is 19.4. The molecule has 0 aliphatic carbocycles. The third-order valence-corrected chi connectivity index (χ3v) is 5.42. The van der Waals surface area contributed by atoms with E-state index < -0.39 is 0 Å². The van der Waals surface area contributed by atoms with Crippen LogP contribution in [0.4, 0.5) is 11.8 Å². The van der Waals surface area contributed by atoms with Gasteiger partial charge in [-0.1, -0.05) is 0 Å². The van der Waals surface area contributed by atoms with E-state index in [-0.39, 0.29) is 23.9 Å².